The van der Waals surface area contributed by atoms with Gasteiger partial charge in [-0.2, -0.15) is 4.98 Å². The van der Waals surface area contributed by atoms with Crippen LogP contribution in [0.3, 0.4) is 0 Å². The fourth-order valence-corrected chi connectivity index (χ4v) is 2.90. The molecule has 10 heteroatoms. The molecule has 8 nitrogen and oxygen atoms in total. The van der Waals surface area contributed by atoms with Gasteiger partial charge in [0, 0.05) is 39.3 Å². The normalized spacial score (nSPS) is 23.1. The molecule has 2 atom stereocenters. The average molecular weight is 382 g/mol. The smallest absolute Gasteiger partial charge is 0.253 e. The SMILES string of the molecule is Cc1noc(C(C)N2CCN(C(=O)C3CNCCO3)CC2)n1.Cl.Cl. The average Bonchev–Trinajstić information content (AvgIpc) is 3.01. The van der Waals surface area contributed by atoms with Crippen LogP contribution in [-0.4, -0.2) is 77.8 Å². The molecule has 0 saturated carbocycles. The summed E-state index contributed by atoms with van der Waals surface area (Å²) in [5.74, 6) is 1.38. The lowest BCUT2D eigenvalue weighted by atomic mass is 10.2. The zero-order valence-electron chi connectivity index (χ0n) is 13.9. The van der Waals surface area contributed by atoms with Gasteiger partial charge in [-0.05, 0) is 13.8 Å². The largest absolute Gasteiger partial charge is 0.366 e. The summed E-state index contributed by atoms with van der Waals surface area (Å²) < 4.78 is 10.8. The maximum atomic E-state index is 12.4. The number of aryl methyl sites for hydroxylation is 1. The Bertz CT molecular complexity index is 516. The third kappa shape index (κ3) is 4.80. The third-order valence-corrected chi connectivity index (χ3v) is 4.28. The molecular formula is C14H25Cl2N5O3. The van der Waals surface area contributed by atoms with Crippen molar-refractivity contribution in [3.8, 4) is 0 Å². The zero-order chi connectivity index (χ0) is 15.5. The van der Waals surface area contributed by atoms with Crippen molar-refractivity contribution in [1.82, 2.24) is 25.3 Å². The molecule has 1 aromatic heterocycles. The van der Waals surface area contributed by atoms with Crippen LogP contribution in [0.15, 0.2) is 4.52 Å². The number of halogens is 2. The number of aromatic nitrogens is 2. The maximum Gasteiger partial charge on any atom is 0.253 e. The van der Waals surface area contributed by atoms with E-state index in [-0.39, 0.29) is 42.9 Å². The van der Waals surface area contributed by atoms with E-state index in [1.807, 2.05) is 11.8 Å². The van der Waals surface area contributed by atoms with E-state index in [0.717, 1.165) is 19.6 Å². The molecular weight excluding hydrogens is 357 g/mol. The predicted octanol–water partition coefficient (Wildman–Crippen LogP) is 0.415. The number of carbonyl (C=O) groups is 1. The number of carbonyl (C=O) groups excluding carboxylic acids is 1. The minimum absolute atomic E-state index is 0. The minimum Gasteiger partial charge on any atom is -0.366 e. The molecule has 138 valence electrons. The van der Waals surface area contributed by atoms with Crippen molar-refractivity contribution in [3.05, 3.63) is 11.7 Å². The van der Waals surface area contributed by atoms with E-state index in [0.29, 0.717) is 38.0 Å². The highest BCUT2D eigenvalue weighted by molar-refractivity contribution is 5.85. The van der Waals surface area contributed by atoms with E-state index in [9.17, 15) is 4.79 Å². The van der Waals surface area contributed by atoms with Crippen LogP contribution >= 0.6 is 24.8 Å². The summed E-state index contributed by atoms with van der Waals surface area (Å²) in [6.07, 6.45) is -0.337. The Kier molecular flexibility index (Phi) is 8.38. The Morgan fingerprint density at radius 2 is 2.00 bits per heavy atom. The summed E-state index contributed by atoms with van der Waals surface area (Å²) >= 11 is 0. The maximum absolute atomic E-state index is 12.4. The van der Waals surface area contributed by atoms with Gasteiger partial charge < -0.3 is 19.5 Å². The molecule has 0 aromatic carbocycles. The van der Waals surface area contributed by atoms with Crippen molar-refractivity contribution >= 4 is 30.7 Å². The van der Waals surface area contributed by atoms with E-state index in [4.69, 9.17) is 9.26 Å². The lowest BCUT2D eigenvalue weighted by Crippen LogP contribution is -2.55. The van der Waals surface area contributed by atoms with Gasteiger partial charge in [-0.25, -0.2) is 0 Å². The van der Waals surface area contributed by atoms with Gasteiger partial charge in [0.1, 0.15) is 6.10 Å². The van der Waals surface area contributed by atoms with Crippen molar-refractivity contribution in [2.45, 2.75) is 26.0 Å². The lowest BCUT2D eigenvalue weighted by molar-refractivity contribution is -0.147. The van der Waals surface area contributed by atoms with Crippen LogP contribution in [0.5, 0.6) is 0 Å². The van der Waals surface area contributed by atoms with Crippen LogP contribution < -0.4 is 5.32 Å². The minimum atomic E-state index is -0.337. The number of hydrogen-bond acceptors (Lipinski definition) is 7. The summed E-state index contributed by atoms with van der Waals surface area (Å²) in [5, 5.41) is 7.03. The van der Waals surface area contributed by atoms with Crippen LogP contribution in [0.1, 0.15) is 24.7 Å². The summed E-state index contributed by atoms with van der Waals surface area (Å²) in [5.41, 5.74) is 0. The number of nitrogens with one attached hydrogen (secondary N) is 1. The number of hydrogen-bond donors (Lipinski definition) is 1. The van der Waals surface area contributed by atoms with Gasteiger partial charge in [-0.15, -0.1) is 24.8 Å². The highest BCUT2D eigenvalue weighted by Crippen LogP contribution is 2.20. The molecule has 2 fully saturated rings. The van der Waals surface area contributed by atoms with Crippen molar-refractivity contribution in [2.75, 3.05) is 45.9 Å². The molecule has 2 aliphatic rings. The molecule has 3 rings (SSSR count). The van der Waals surface area contributed by atoms with Gasteiger partial charge in [0.25, 0.3) is 5.91 Å². The monoisotopic (exact) mass is 381 g/mol. The van der Waals surface area contributed by atoms with Gasteiger partial charge in [-0.1, -0.05) is 5.16 Å². The molecule has 2 aliphatic heterocycles. The Morgan fingerprint density at radius 3 is 2.54 bits per heavy atom. The quantitative estimate of drug-likeness (QED) is 0.811. The fraction of sp³-hybridized carbons (Fsp3) is 0.786. The molecule has 1 amide bonds. The Morgan fingerprint density at radius 1 is 1.29 bits per heavy atom. The van der Waals surface area contributed by atoms with Crippen molar-refractivity contribution in [2.24, 2.45) is 0 Å². The summed E-state index contributed by atoms with van der Waals surface area (Å²) in [4.78, 5) is 20.8. The molecule has 0 radical (unpaired) electrons. The number of morpholine rings is 1. The third-order valence-electron chi connectivity index (χ3n) is 4.28. The molecule has 2 saturated heterocycles. The lowest BCUT2D eigenvalue weighted by Gasteiger charge is -2.38. The molecule has 24 heavy (non-hydrogen) atoms. The summed E-state index contributed by atoms with van der Waals surface area (Å²) in [6.45, 7) is 8.90. The first-order valence-corrected chi connectivity index (χ1v) is 7.80. The molecule has 1 N–H and O–H groups in total. The van der Waals surface area contributed by atoms with E-state index in [2.05, 4.69) is 27.3 Å². The summed E-state index contributed by atoms with van der Waals surface area (Å²) in [6, 6.07) is 0.0750. The Labute approximate surface area is 154 Å². The van der Waals surface area contributed by atoms with Gasteiger partial charge in [0.2, 0.25) is 5.89 Å². The van der Waals surface area contributed by atoms with E-state index in [1.54, 1.807) is 0 Å². The predicted molar refractivity (Wildman–Crippen MR) is 92.7 cm³/mol. The number of nitrogens with zero attached hydrogens (tertiary/aromatic N) is 4. The van der Waals surface area contributed by atoms with Crippen molar-refractivity contribution in [1.29, 1.82) is 0 Å². The highest BCUT2D eigenvalue weighted by Gasteiger charge is 2.31. The number of rotatable bonds is 3. The molecule has 0 spiro atoms. The van der Waals surface area contributed by atoms with Crippen LogP contribution in [0, 0.1) is 6.92 Å². The van der Waals surface area contributed by atoms with Crippen molar-refractivity contribution < 1.29 is 14.1 Å². The number of ether oxygens (including phenoxy) is 1. The topological polar surface area (TPSA) is 83.7 Å². The van der Waals surface area contributed by atoms with Gasteiger partial charge in [0.05, 0.1) is 12.6 Å². The molecule has 1 aromatic rings. The van der Waals surface area contributed by atoms with Crippen molar-refractivity contribution in [3.63, 3.8) is 0 Å². The van der Waals surface area contributed by atoms with E-state index >= 15 is 0 Å². The summed E-state index contributed by atoms with van der Waals surface area (Å²) in [7, 11) is 0. The molecule has 2 unspecified atom stereocenters. The van der Waals surface area contributed by atoms with E-state index in [1.165, 1.54) is 0 Å². The first-order chi connectivity index (χ1) is 10.6. The van der Waals surface area contributed by atoms with Crippen LogP contribution in [0.4, 0.5) is 0 Å². The number of piperazine rings is 1. The van der Waals surface area contributed by atoms with E-state index < -0.39 is 0 Å². The second-order valence-corrected chi connectivity index (χ2v) is 5.78. The van der Waals surface area contributed by atoms with Gasteiger partial charge in [-0.3, -0.25) is 9.69 Å². The first kappa shape index (κ1) is 21.1. The molecule has 0 bridgehead atoms. The van der Waals surface area contributed by atoms with Gasteiger partial charge >= 0.3 is 0 Å². The van der Waals surface area contributed by atoms with Gasteiger partial charge in [0.15, 0.2) is 5.82 Å². The second kappa shape index (κ2) is 9.53. The fourth-order valence-electron chi connectivity index (χ4n) is 2.90. The highest BCUT2D eigenvalue weighted by atomic mass is 35.5. The second-order valence-electron chi connectivity index (χ2n) is 5.78. The van der Waals surface area contributed by atoms with Crippen LogP contribution in [0.25, 0.3) is 0 Å². The Balaban J connectivity index is 0.00000144. The Hall–Kier alpha value is -0.930. The molecule has 3 heterocycles. The van der Waals surface area contributed by atoms with Crippen LogP contribution in [-0.2, 0) is 9.53 Å². The zero-order valence-corrected chi connectivity index (χ0v) is 15.6. The molecule has 0 aliphatic carbocycles. The first-order valence-electron chi connectivity index (χ1n) is 7.80. The van der Waals surface area contributed by atoms with Crippen LogP contribution in [0.2, 0.25) is 0 Å². The standard InChI is InChI=1S/C14H23N5O3.2ClH/c1-10(13-16-11(2)17-22-13)18-4-6-19(7-5-18)14(20)12-9-15-3-8-21-12;;/h10,12,15H,3-9H2,1-2H3;2*1H. The number of amides is 1.